The number of benzene rings is 1. The summed E-state index contributed by atoms with van der Waals surface area (Å²) in [6.07, 6.45) is 6.13. The fourth-order valence-electron chi connectivity index (χ4n) is 8.16. The summed E-state index contributed by atoms with van der Waals surface area (Å²) in [5, 5.41) is 13.9. The van der Waals surface area contributed by atoms with Gasteiger partial charge in [-0.1, -0.05) is 61.5 Å². The van der Waals surface area contributed by atoms with Crippen LogP contribution in [0.15, 0.2) is 51.7 Å². The molecular formula is C30H33NO4S2. The highest BCUT2D eigenvalue weighted by Gasteiger charge is 2.68. The molecule has 3 saturated carbocycles. The highest BCUT2D eigenvalue weighted by atomic mass is 32.2. The van der Waals surface area contributed by atoms with Crippen molar-refractivity contribution in [3.05, 3.63) is 47.4 Å². The van der Waals surface area contributed by atoms with Gasteiger partial charge in [0.1, 0.15) is 11.4 Å². The second-order valence-electron chi connectivity index (χ2n) is 11.9. The zero-order valence-corrected chi connectivity index (χ0v) is 23.0. The van der Waals surface area contributed by atoms with Gasteiger partial charge < -0.3 is 5.11 Å². The van der Waals surface area contributed by atoms with E-state index in [1.807, 2.05) is 42.6 Å². The van der Waals surface area contributed by atoms with Gasteiger partial charge in [0.05, 0.1) is 11.4 Å². The number of carbonyl (C=O) groups excluding carboxylic acids is 3. The van der Waals surface area contributed by atoms with E-state index >= 15 is 0 Å². The Morgan fingerprint density at radius 1 is 1.14 bits per heavy atom. The van der Waals surface area contributed by atoms with Gasteiger partial charge in [-0.25, -0.2) is 4.98 Å². The molecular weight excluding hydrogens is 502 g/mol. The summed E-state index contributed by atoms with van der Waals surface area (Å²) < 4.78 is 0.807. The quantitative estimate of drug-likeness (QED) is 0.479. The monoisotopic (exact) mass is 535 g/mol. The molecule has 0 amide bonds. The molecule has 5 nitrogen and oxygen atoms in total. The van der Waals surface area contributed by atoms with Crippen LogP contribution < -0.4 is 0 Å². The van der Waals surface area contributed by atoms with E-state index in [0.717, 1.165) is 46.9 Å². The normalized spacial score (nSPS) is 36.9. The summed E-state index contributed by atoms with van der Waals surface area (Å²) in [6, 6.07) is 9.95. The molecule has 5 unspecified atom stereocenters. The number of carbonyl (C=O) groups is 3. The van der Waals surface area contributed by atoms with Crippen LogP contribution >= 0.6 is 23.1 Å². The molecule has 0 aliphatic heterocycles. The van der Waals surface area contributed by atoms with E-state index in [2.05, 4.69) is 11.9 Å². The Morgan fingerprint density at radius 2 is 1.92 bits per heavy atom. The molecule has 7 heteroatoms. The standard InChI is InChI=1S/C30H33NO4S2/c1-28-12-10-20(32)14-19(28)8-9-21-22-11-13-30(35,29(22,2)15-24(33)26(21)28)25(34)17-37-27-31-23(16-36-27)18-6-4-3-5-7-18/h3-7,14,16,21-22,26,35H,8-13,15,17H2,1-2H3/t21?,22?,26?,28?,29?,30-/m0/s1. The first-order chi connectivity index (χ1) is 17.7. The number of aliphatic hydroxyl groups is 1. The lowest BCUT2D eigenvalue weighted by molar-refractivity contribution is -0.167. The molecule has 1 aromatic heterocycles. The lowest BCUT2D eigenvalue weighted by Gasteiger charge is -2.57. The molecule has 0 spiro atoms. The van der Waals surface area contributed by atoms with Crippen LogP contribution in [0.1, 0.15) is 58.8 Å². The van der Waals surface area contributed by atoms with Crippen LogP contribution in [0.3, 0.4) is 0 Å². The molecule has 3 fully saturated rings. The van der Waals surface area contributed by atoms with Gasteiger partial charge in [0, 0.05) is 35.1 Å². The first-order valence-electron chi connectivity index (χ1n) is 13.3. The third-order valence-electron chi connectivity index (χ3n) is 10.1. The van der Waals surface area contributed by atoms with E-state index in [4.69, 9.17) is 0 Å². The van der Waals surface area contributed by atoms with Crippen LogP contribution in [-0.4, -0.2) is 38.8 Å². The van der Waals surface area contributed by atoms with Crippen LogP contribution in [-0.2, 0) is 14.4 Å². The minimum absolute atomic E-state index is 0.114. The van der Waals surface area contributed by atoms with Crippen molar-refractivity contribution in [2.24, 2.45) is 28.6 Å². The Balaban J connectivity index is 1.20. The molecule has 1 aromatic carbocycles. The average molecular weight is 536 g/mol. The summed E-state index contributed by atoms with van der Waals surface area (Å²) in [6.45, 7) is 4.15. The van der Waals surface area contributed by atoms with E-state index in [1.54, 1.807) is 6.08 Å². The third-order valence-corrected chi connectivity index (χ3v) is 12.2. The summed E-state index contributed by atoms with van der Waals surface area (Å²) in [4.78, 5) is 44.2. The minimum Gasteiger partial charge on any atom is -0.381 e. The van der Waals surface area contributed by atoms with E-state index < -0.39 is 11.0 Å². The van der Waals surface area contributed by atoms with E-state index in [-0.39, 0.29) is 52.7 Å². The predicted molar refractivity (Wildman–Crippen MR) is 145 cm³/mol. The number of thiazole rings is 1. The van der Waals surface area contributed by atoms with Crippen molar-refractivity contribution >= 4 is 40.4 Å². The van der Waals surface area contributed by atoms with Crippen molar-refractivity contribution in [3.63, 3.8) is 0 Å². The Kier molecular flexibility index (Phi) is 6.12. The molecule has 4 aliphatic rings. The first-order valence-corrected chi connectivity index (χ1v) is 15.2. The molecule has 2 aromatic rings. The summed E-state index contributed by atoms with van der Waals surface area (Å²) in [5.41, 5.74) is 0.559. The topological polar surface area (TPSA) is 84.3 Å². The van der Waals surface area contributed by atoms with E-state index in [0.29, 0.717) is 12.8 Å². The van der Waals surface area contributed by atoms with Gasteiger partial charge in [-0.2, -0.15) is 0 Å². The second kappa shape index (κ2) is 8.99. The van der Waals surface area contributed by atoms with Gasteiger partial charge in [-0.3, -0.25) is 14.4 Å². The van der Waals surface area contributed by atoms with Crippen molar-refractivity contribution in [2.45, 2.75) is 68.7 Å². The van der Waals surface area contributed by atoms with Crippen LogP contribution in [0.5, 0.6) is 0 Å². The van der Waals surface area contributed by atoms with Crippen LogP contribution in [0, 0.1) is 28.6 Å². The number of nitrogens with zero attached hydrogens (tertiary/aromatic N) is 1. The number of ketones is 3. The fourth-order valence-corrected chi connectivity index (χ4v) is 9.96. The molecule has 0 bridgehead atoms. The summed E-state index contributed by atoms with van der Waals surface area (Å²) in [7, 11) is 0. The average Bonchev–Trinajstić information content (AvgIpc) is 3.46. The highest BCUT2D eigenvalue weighted by Crippen LogP contribution is 2.66. The maximum absolute atomic E-state index is 13.8. The van der Waals surface area contributed by atoms with Gasteiger partial charge in [-0.15, -0.1) is 11.3 Å². The smallest absolute Gasteiger partial charge is 0.175 e. The number of hydrogen-bond donors (Lipinski definition) is 1. The van der Waals surface area contributed by atoms with E-state index in [9.17, 15) is 19.5 Å². The number of allylic oxidation sites excluding steroid dienone is 1. The van der Waals surface area contributed by atoms with Gasteiger partial charge in [-0.05, 0) is 55.4 Å². The molecule has 37 heavy (non-hydrogen) atoms. The lowest BCUT2D eigenvalue weighted by Crippen LogP contribution is -2.60. The number of aromatic nitrogens is 1. The van der Waals surface area contributed by atoms with Crippen molar-refractivity contribution in [2.75, 3.05) is 5.75 Å². The Hall–Kier alpha value is -2.09. The fraction of sp³-hybridized carbons (Fsp3) is 0.533. The number of thioether (sulfide) groups is 1. The summed E-state index contributed by atoms with van der Waals surface area (Å²) >= 11 is 2.89. The Bertz CT molecular complexity index is 1300. The van der Waals surface area contributed by atoms with Gasteiger partial charge >= 0.3 is 0 Å². The maximum atomic E-state index is 13.8. The van der Waals surface area contributed by atoms with Crippen LogP contribution in [0.2, 0.25) is 0 Å². The Labute approximate surface area is 226 Å². The van der Waals surface area contributed by atoms with Crippen LogP contribution in [0.4, 0.5) is 0 Å². The molecule has 194 valence electrons. The molecule has 6 atom stereocenters. The predicted octanol–water partition coefficient (Wildman–Crippen LogP) is 5.91. The zero-order chi connectivity index (χ0) is 26.0. The molecule has 0 saturated heterocycles. The van der Waals surface area contributed by atoms with Crippen LogP contribution in [0.25, 0.3) is 11.3 Å². The zero-order valence-electron chi connectivity index (χ0n) is 21.4. The van der Waals surface area contributed by atoms with Gasteiger partial charge in [0.2, 0.25) is 0 Å². The molecule has 1 heterocycles. The van der Waals surface area contributed by atoms with Gasteiger partial charge in [0.25, 0.3) is 0 Å². The molecule has 4 aliphatic carbocycles. The number of Topliss-reactive ketones (excluding diaryl/α,β-unsaturated/α-hetero) is 2. The summed E-state index contributed by atoms with van der Waals surface area (Å²) in [5.74, 6) is 0.481. The minimum atomic E-state index is -1.50. The van der Waals surface area contributed by atoms with Crippen molar-refractivity contribution in [1.29, 1.82) is 0 Å². The number of fused-ring (bicyclic) bond motifs is 5. The van der Waals surface area contributed by atoms with Crippen molar-refractivity contribution in [1.82, 2.24) is 4.98 Å². The number of rotatable bonds is 5. The second-order valence-corrected chi connectivity index (χ2v) is 14.0. The molecule has 6 rings (SSSR count). The van der Waals surface area contributed by atoms with Crippen molar-refractivity contribution < 1.29 is 19.5 Å². The third kappa shape index (κ3) is 3.83. The molecule has 0 radical (unpaired) electrons. The number of hydrogen-bond acceptors (Lipinski definition) is 7. The van der Waals surface area contributed by atoms with Crippen molar-refractivity contribution in [3.8, 4) is 11.3 Å². The largest absolute Gasteiger partial charge is 0.381 e. The Morgan fingerprint density at radius 3 is 2.70 bits per heavy atom. The lowest BCUT2D eigenvalue weighted by atomic mass is 9.46. The first kappa shape index (κ1) is 25.2. The highest BCUT2D eigenvalue weighted by molar-refractivity contribution is 8.01. The SMILES string of the molecule is CC12CCC(=O)C=C1CCC1C2C(=O)CC2(C)C1CC[C@]2(O)C(=O)CSc1nc(-c2ccccc2)cs1. The molecule has 1 N–H and O–H groups in total. The maximum Gasteiger partial charge on any atom is 0.175 e. The van der Waals surface area contributed by atoms with E-state index in [1.165, 1.54) is 23.1 Å². The van der Waals surface area contributed by atoms with Gasteiger partial charge in [0.15, 0.2) is 15.9 Å².